The van der Waals surface area contributed by atoms with Crippen molar-refractivity contribution in [2.24, 2.45) is 5.92 Å². The standard InChI is InChI=1S/C9H17N/c1-8-6-9(10-7-8)4-2-3-5-9/h8,10H,2-7H2,1H3/t8-/m1/s1. The molecule has 58 valence electrons. The van der Waals surface area contributed by atoms with E-state index in [1.807, 2.05) is 0 Å². The minimum Gasteiger partial charge on any atom is -0.311 e. The summed E-state index contributed by atoms with van der Waals surface area (Å²) in [5, 5.41) is 3.68. The molecule has 1 spiro atoms. The van der Waals surface area contributed by atoms with Crippen LogP contribution in [0.5, 0.6) is 0 Å². The van der Waals surface area contributed by atoms with Crippen molar-refractivity contribution in [3.63, 3.8) is 0 Å². The van der Waals surface area contributed by atoms with Gasteiger partial charge in [0.25, 0.3) is 0 Å². The lowest BCUT2D eigenvalue weighted by Crippen LogP contribution is -2.35. The van der Waals surface area contributed by atoms with Crippen molar-refractivity contribution in [2.45, 2.75) is 44.6 Å². The Bertz CT molecular complexity index is 125. The lowest BCUT2D eigenvalue weighted by Gasteiger charge is -2.22. The molecule has 0 aromatic carbocycles. The van der Waals surface area contributed by atoms with Gasteiger partial charge in [0.1, 0.15) is 0 Å². The van der Waals surface area contributed by atoms with E-state index in [0.717, 1.165) is 5.92 Å². The fourth-order valence-electron chi connectivity index (χ4n) is 2.63. The van der Waals surface area contributed by atoms with Gasteiger partial charge in [-0.1, -0.05) is 19.8 Å². The molecular weight excluding hydrogens is 122 g/mol. The summed E-state index contributed by atoms with van der Waals surface area (Å²) in [7, 11) is 0. The van der Waals surface area contributed by atoms with Crippen LogP contribution in [0.4, 0.5) is 0 Å². The van der Waals surface area contributed by atoms with Gasteiger partial charge >= 0.3 is 0 Å². The van der Waals surface area contributed by atoms with Crippen LogP contribution in [0.1, 0.15) is 39.0 Å². The van der Waals surface area contributed by atoms with Crippen LogP contribution in [0.3, 0.4) is 0 Å². The molecule has 0 radical (unpaired) electrons. The van der Waals surface area contributed by atoms with Gasteiger partial charge in [0.15, 0.2) is 0 Å². The molecule has 1 atom stereocenters. The van der Waals surface area contributed by atoms with Gasteiger partial charge < -0.3 is 5.32 Å². The number of nitrogens with one attached hydrogen (secondary N) is 1. The molecule has 2 fully saturated rings. The van der Waals surface area contributed by atoms with Crippen LogP contribution in [0, 0.1) is 5.92 Å². The highest BCUT2D eigenvalue weighted by molar-refractivity contribution is 4.98. The minimum atomic E-state index is 0.611. The van der Waals surface area contributed by atoms with E-state index in [9.17, 15) is 0 Å². The first-order chi connectivity index (χ1) is 4.81. The fourth-order valence-corrected chi connectivity index (χ4v) is 2.63. The second-order valence-electron chi connectivity index (χ2n) is 4.18. The highest BCUT2D eigenvalue weighted by Crippen LogP contribution is 2.38. The summed E-state index contributed by atoms with van der Waals surface area (Å²) in [5.41, 5.74) is 0.611. The van der Waals surface area contributed by atoms with Crippen LogP contribution in [0.25, 0.3) is 0 Å². The Kier molecular flexibility index (Phi) is 1.48. The zero-order chi connectivity index (χ0) is 7.03. The average molecular weight is 139 g/mol. The highest BCUT2D eigenvalue weighted by Gasteiger charge is 2.38. The molecule has 0 aromatic rings. The van der Waals surface area contributed by atoms with Crippen LogP contribution < -0.4 is 5.32 Å². The topological polar surface area (TPSA) is 12.0 Å². The summed E-state index contributed by atoms with van der Waals surface area (Å²) in [6, 6.07) is 0. The third-order valence-electron chi connectivity index (χ3n) is 3.13. The molecule has 1 aliphatic carbocycles. The van der Waals surface area contributed by atoms with Crippen LogP contribution in [-0.2, 0) is 0 Å². The molecule has 2 rings (SSSR count). The summed E-state index contributed by atoms with van der Waals surface area (Å²) in [6.45, 7) is 3.63. The smallest absolute Gasteiger partial charge is 0.0184 e. The van der Waals surface area contributed by atoms with Crippen molar-refractivity contribution in [2.75, 3.05) is 6.54 Å². The van der Waals surface area contributed by atoms with Crippen molar-refractivity contribution < 1.29 is 0 Å². The first-order valence-corrected chi connectivity index (χ1v) is 4.56. The van der Waals surface area contributed by atoms with Gasteiger partial charge in [-0.15, -0.1) is 0 Å². The van der Waals surface area contributed by atoms with E-state index in [-0.39, 0.29) is 0 Å². The average Bonchev–Trinajstić information content (AvgIpc) is 2.46. The van der Waals surface area contributed by atoms with Crippen LogP contribution >= 0.6 is 0 Å². The fraction of sp³-hybridized carbons (Fsp3) is 1.00. The SMILES string of the molecule is C[C@H]1CNC2(CCCC2)C1. The van der Waals surface area contributed by atoms with Gasteiger partial charge in [-0.2, -0.15) is 0 Å². The van der Waals surface area contributed by atoms with E-state index in [0.29, 0.717) is 5.54 Å². The van der Waals surface area contributed by atoms with E-state index in [4.69, 9.17) is 0 Å². The summed E-state index contributed by atoms with van der Waals surface area (Å²) in [6.07, 6.45) is 7.24. The van der Waals surface area contributed by atoms with Gasteiger partial charge in [-0.05, 0) is 31.7 Å². The van der Waals surface area contributed by atoms with Crippen LogP contribution in [-0.4, -0.2) is 12.1 Å². The first kappa shape index (κ1) is 6.66. The molecule has 0 amide bonds. The molecule has 1 heterocycles. The van der Waals surface area contributed by atoms with Crippen molar-refractivity contribution in [3.8, 4) is 0 Å². The molecule has 0 aromatic heterocycles. The number of hydrogen-bond donors (Lipinski definition) is 1. The first-order valence-electron chi connectivity index (χ1n) is 4.56. The molecule has 0 unspecified atom stereocenters. The molecule has 2 aliphatic rings. The minimum absolute atomic E-state index is 0.611. The van der Waals surface area contributed by atoms with E-state index in [2.05, 4.69) is 12.2 Å². The third kappa shape index (κ3) is 0.968. The van der Waals surface area contributed by atoms with Crippen molar-refractivity contribution in [1.29, 1.82) is 0 Å². The maximum Gasteiger partial charge on any atom is 0.0184 e. The molecule has 1 heteroatoms. The zero-order valence-corrected chi connectivity index (χ0v) is 6.82. The Morgan fingerprint density at radius 1 is 1.30 bits per heavy atom. The van der Waals surface area contributed by atoms with E-state index in [1.54, 1.807) is 0 Å². The quantitative estimate of drug-likeness (QED) is 0.540. The maximum absolute atomic E-state index is 3.68. The maximum atomic E-state index is 3.68. The monoisotopic (exact) mass is 139 g/mol. The second-order valence-corrected chi connectivity index (χ2v) is 4.18. The Morgan fingerprint density at radius 2 is 2.00 bits per heavy atom. The summed E-state index contributed by atoms with van der Waals surface area (Å²) < 4.78 is 0. The van der Waals surface area contributed by atoms with E-state index < -0.39 is 0 Å². The zero-order valence-electron chi connectivity index (χ0n) is 6.82. The van der Waals surface area contributed by atoms with E-state index in [1.165, 1.54) is 38.6 Å². The summed E-state index contributed by atoms with van der Waals surface area (Å²) in [4.78, 5) is 0. The lowest BCUT2D eigenvalue weighted by molar-refractivity contribution is 0.379. The molecule has 1 aliphatic heterocycles. The normalized spacial score (nSPS) is 37.5. The second kappa shape index (κ2) is 2.23. The Balaban J connectivity index is 2.03. The van der Waals surface area contributed by atoms with E-state index >= 15 is 0 Å². The Hall–Kier alpha value is -0.0400. The van der Waals surface area contributed by atoms with Crippen molar-refractivity contribution in [3.05, 3.63) is 0 Å². The van der Waals surface area contributed by atoms with Gasteiger partial charge in [0.05, 0.1) is 0 Å². The molecule has 1 N–H and O–H groups in total. The Morgan fingerprint density at radius 3 is 2.50 bits per heavy atom. The van der Waals surface area contributed by atoms with Gasteiger partial charge in [0, 0.05) is 5.54 Å². The number of rotatable bonds is 0. The van der Waals surface area contributed by atoms with Gasteiger partial charge in [-0.25, -0.2) is 0 Å². The van der Waals surface area contributed by atoms with Crippen molar-refractivity contribution >= 4 is 0 Å². The summed E-state index contributed by atoms with van der Waals surface area (Å²) in [5.74, 6) is 0.929. The van der Waals surface area contributed by atoms with Crippen LogP contribution in [0.15, 0.2) is 0 Å². The predicted octanol–water partition coefficient (Wildman–Crippen LogP) is 1.93. The third-order valence-corrected chi connectivity index (χ3v) is 3.13. The molecule has 1 saturated heterocycles. The number of hydrogen-bond acceptors (Lipinski definition) is 1. The van der Waals surface area contributed by atoms with Gasteiger partial charge in [-0.3, -0.25) is 0 Å². The molecular formula is C9H17N. The molecule has 1 saturated carbocycles. The highest BCUT2D eigenvalue weighted by atomic mass is 15.0. The van der Waals surface area contributed by atoms with Crippen molar-refractivity contribution in [1.82, 2.24) is 5.32 Å². The molecule has 10 heavy (non-hydrogen) atoms. The molecule has 0 bridgehead atoms. The lowest BCUT2D eigenvalue weighted by atomic mass is 9.92. The van der Waals surface area contributed by atoms with Crippen LogP contribution in [0.2, 0.25) is 0 Å². The predicted molar refractivity (Wildman–Crippen MR) is 43.0 cm³/mol. The largest absolute Gasteiger partial charge is 0.311 e. The van der Waals surface area contributed by atoms with Gasteiger partial charge in [0.2, 0.25) is 0 Å². The molecule has 1 nitrogen and oxygen atoms in total. The Labute approximate surface area is 63.2 Å². The summed E-state index contributed by atoms with van der Waals surface area (Å²) >= 11 is 0.